The van der Waals surface area contributed by atoms with E-state index in [9.17, 15) is 4.79 Å². The molecule has 0 aromatic rings. The Morgan fingerprint density at radius 1 is 1.57 bits per heavy atom. The zero-order valence-electron chi connectivity index (χ0n) is 9.09. The second-order valence-electron chi connectivity index (χ2n) is 4.11. The first-order valence-electron chi connectivity index (χ1n) is 5.68. The largest absolute Gasteiger partial charge is 0.353 e. The molecule has 1 rings (SSSR count). The predicted molar refractivity (Wildman–Crippen MR) is 59.0 cm³/mol. The smallest absolute Gasteiger partial charge is 0.220 e. The van der Waals surface area contributed by atoms with E-state index in [0.29, 0.717) is 18.4 Å². The molecule has 1 aliphatic heterocycles. The number of amides is 1. The highest BCUT2D eigenvalue weighted by Gasteiger charge is 2.22. The molecule has 2 heteroatoms. The monoisotopic (exact) mass is 195 g/mol. The van der Waals surface area contributed by atoms with Crippen LogP contribution in [-0.4, -0.2) is 11.9 Å². The van der Waals surface area contributed by atoms with E-state index < -0.39 is 0 Å². The van der Waals surface area contributed by atoms with E-state index >= 15 is 0 Å². The van der Waals surface area contributed by atoms with Gasteiger partial charge in [-0.25, -0.2) is 0 Å². The third-order valence-corrected chi connectivity index (χ3v) is 3.09. The Kier molecular flexibility index (Phi) is 4.71. The molecule has 0 aromatic heterocycles. The van der Waals surface area contributed by atoms with Gasteiger partial charge < -0.3 is 5.32 Å². The molecule has 2 unspecified atom stereocenters. The lowest BCUT2D eigenvalue weighted by Crippen LogP contribution is -2.41. The predicted octanol–water partition coefficient (Wildman–Crippen LogP) is 2.65. The van der Waals surface area contributed by atoms with Gasteiger partial charge in [-0.05, 0) is 25.2 Å². The molecule has 1 aliphatic rings. The summed E-state index contributed by atoms with van der Waals surface area (Å²) in [7, 11) is 0. The summed E-state index contributed by atoms with van der Waals surface area (Å²) in [6, 6.07) is 0.324. The quantitative estimate of drug-likeness (QED) is 0.689. The lowest BCUT2D eigenvalue weighted by molar-refractivity contribution is -0.122. The number of hydrogen-bond acceptors (Lipinski definition) is 1. The van der Waals surface area contributed by atoms with Crippen LogP contribution in [0.5, 0.6) is 0 Å². The molecule has 2 atom stereocenters. The van der Waals surface area contributed by atoms with Crippen molar-refractivity contribution in [3.05, 3.63) is 12.7 Å². The third kappa shape index (κ3) is 3.17. The van der Waals surface area contributed by atoms with Crippen LogP contribution in [0, 0.1) is 5.92 Å². The van der Waals surface area contributed by atoms with Crippen LogP contribution >= 0.6 is 0 Å². The van der Waals surface area contributed by atoms with E-state index in [0.717, 1.165) is 19.3 Å². The normalized spacial score (nSPS) is 28.8. The minimum Gasteiger partial charge on any atom is -0.353 e. The molecule has 0 bridgehead atoms. The molecular weight excluding hydrogens is 174 g/mol. The second kappa shape index (κ2) is 5.84. The molecule has 0 aliphatic carbocycles. The summed E-state index contributed by atoms with van der Waals surface area (Å²) >= 11 is 0. The van der Waals surface area contributed by atoms with Crippen LogP contribution in [0.1, 0.15) is 45.4 Å². The Balaban J connectivity index is 2.59. The highest BCUT2D eigenvalue weighted by Crippen LogP contribution is 2.22. The molecule has 14 heavy (non-hydrogen) atoms. The first-order chi connectivity index (χ1) is 6.77. The van der Waals surface area contributed by atoms with Crippen molar-refractivity contribution in [2.75, 3.05) is 0 Å². The number of carbonyl (C=O) groups is 1. The first-order valence-corrected chi connectivity index (χ1v) is 5.68. The minimum absolute atomic E-state index is 0.218. The number of hydrogen-bond donors (Lipinski definition) is 1. The molecule has 1 saturated heterocycles. The van der Waals surface area contributed by atoms with Crippen molar-refractivity contribution in [3.63, 3.8) is 0 Å². The number of rotatable bonds is 3. The summed E-state index contributed by atoms with van der Waals surface area (Å²) in [5.74, 6) is 0.854. The van der Waals surface area contributed by atoms with Gasteiger partial charge in [0.15, 0.2) is 0 Å². The van der Waals surface area contributed by atoms with Crippen molar-refractivity contribution in [2.24, 2.45) is 5.92 Å². The maximum atomic E-state index is 11.4. The molecule has 1 fully saturated rings. The Bertz CT molecular complexity index is 200. The Labute approximate surface area is 86.8 Å². The molecule has 1 amide bonds. The van der Waals surface area contributed by atoms with Crippen molar-refractivity contribution in [2.45, 2.75) is 51.5 Å². The lowest BCUT2D eigenvalue weighted by atomic mass is 9.87. The second-order valence-corrected chi connectivity index (χ2v) is 4.11. The summed E-state index contributed by atoms with van der Waals surface area (Å²) < 4.78 is 0. The van der Waals surface area contributed by atoms with Gasteiger partial charge in [-0.3, -0.25) is 4.79 Å². The fraction of sp³-hybridized carbons (Fsp3) is 0.750. The van der Waals surface area contributed by atoms with E-state index in [1.807, 2.05) is 6.08 Å². The van der Waals surface area contributed by atoms with Gasteiger partial charge in [-0.15, -0.1) is 6.58 Å². The third-order valence-electron chi connectivity index (χ3n) is 3.09. The molecule has 0 spiro atoms. The van der Waals surface area contributed by atoms with E-state index in [2.05, 4.69) is 18.8 Å². The van der Waals surface area contributed by atoms with Crippen LogP contribution < -0.4 is 5.32 Å². The molecule has 1 heterocycles. The summed E-state index contributed by atoms with van der Waals surface area (Å²) in [5.41, 5.74) is 0. The molecule has 0 aromatic carbocycles. The summed E-state index contributed by atoms with van der Waals surface area (Å²) in [5, 5.41) is 3.11. The van der Waals surface area contributed by atoms with Gasteiger partial charge in [0.25, 0.3) is 0 Å². The van der Waals surface area contributed by atoms with Crippen molar-refractivity contribution in [1.29, 1.82) is 0 Å². The van der Waals surface area contributed by atoms with Crippen LogP contribution in [0.4, 0.5) is 0 Å². The summed E-state index contributed by atoms with van der Waals surface area (Å²) in [4.78, 5) is 11.4. The van der Waals surface area contributed by atoms with Gasteiger partial charge in [-0.1, -0.05) is 25.8 Å². The van der Waals surface area contributed by atoms with Gasteiger partial charge in [0.05, 0.1) is 0 Å². The Morgan fingerprint density at radius 2 is 2.36 bits per heavy atom. The molecule has 0 radical (unpaired) electrons. The van der Waals surface area contributed by atoms with Crippen molar-refractivity contribution in [1.82, 2.24) is 5.32 Å². The molecule has 80 valence electrons. The molecule has 1 N–H and O–H groups in total. The maximum absolute atomic E-state index is 11.4. The summed E-state index contributed by atoms with van der Waals surface area (Å²) in [6.45, 7) is 5.95. The van der Waals surface area contributed by atoms with E-state index in [1.165, 1.54) is 12.8 Å². The lowest BCUT2D eigenvalue weighted by Gasteiger charge is -2.28. The van der Waals surface area contributed by atoms with Crippen molar-refractivity contribution < 1.29 is 4.79 Å². The highest BCUT2D eigenvalue weighted by molar-refractivity contribution is 5.76. The zero-order valence-corrected chi connectivity index (χ0v) is 9.09. The van der Waals surface area contributed by atoms with Gasteiger partial charge >= 0.3 is 0 Å². The number of carbonyl (C=O) groups excluding carboxylic acids is 1. The zero-order chi connectivity index (χ0) is 10.4. The Morgan fingerprint density at radius 3 is 3.00 bits per heavy atom. The van der Waals surface area contributed by atoms with Crippen LogP contribution in [0.2, 0.25) is 0 Å². The first kappa shape index (κ1) is 11.3. The average molecular weight is 195 g/mol. The SMILES string of the molecule is C=CCC1NC(=O)CCCCC1CC. The van der Waals surface area contributed by atoms with Crippen molar-refractivity contribution in [3.8, 4) is 0 Å². The topological polar surface area (TPSA) is 29.1 Å². The molecule has 2 nitrogen and oxygen atoms in total. The van der Waals surface area contributed by atoms with Crippen LogP contribution in [0.25, 0.3) is 0 Å². The molecule has 0 saturated carbocycles. The highest BCUT2D eigenvalue weighted by atomic mass is 16.1. The van der Waals surface area contributed by atoms with Crippen LogP contribution in [0.15, 0.2) is 12.7 Å². The van der Waals surface area contributed by atoms with E-state index in [4.69, 9.17) is 0 Å². The number of nitrogens with one attached hydrogen (secondary N) is 1. The Hall–Kier alpha value is -0.790. The standard InChI is InChI=1S/C12H21NO/c1-3-7-11-10(4-2)8-5-6-9-12(14)13-11/h3,10-11H,1,4-9H2,2H3,(H,13,14). The molecular formula is C12H21NO. The van der Waals surface area contributed by atoms with Gasteiger partial charge in [0.1, 0.15) is 0 Å². The van der Waals surface area contributed by atoms with Gasteiger partial charge in [-0.2, -0.15) is 0 Å². The fourth-order valence-electron chi connectivity index (χ4n) is 2.21. The minimum atomic E-state index is 0.218. The van der Waals surface area contributed by atoms with Gasteiger partial charge in [0.2, 0.25) is 5.91 Å². The van der Waals surface area contributed by atoms with Crippen molar-refractivity contribution >= 4 is 5.91 Å². The fourth-order valence-corrected chi connectivity index (χ4v) is 2.21. The van der Waals surface area contributed by atoms with E-state index in [1.54, 1.807) is 0 Å². The van der Waals surface area contributed by atoms with Gasteiger partial charge in [0, 0.05) is 12.5 Å². The van der Waals surface area contributed by atoms with Crippen LogP contribution in [0.3, 0.4) is 0 Å². The average Bonchev–Trinajstić information content (AvgIpc) is 2.15. The summed E-state index contributed by atoms with van der Waals surface area (Å²) in [6.07, 6.45) is 8.15. The van der Waals surface area contributed by atoms with E-state index in [-0.39, 0.29) is 5.91 Å². The van der Waals surface area contributed by atoms with Crippen LogP contribution in [-0.2, 0) is 4.79 Å². The maximum Gasteiger partial charge on any atom is 0.220 e.